The highest BCUT2D eigenvalue weighted by Crippen LogP contribution is 2.32. The minimum atomic E-state index is -0.0866. The normalized spacial score (nSPS) is 11.1. The second kappa shape index (κ2) is 7.88. The first kappa shape index (κ1) is 17.2. The number of phenols is 3. The third kappa shape index (κ3) is 4.89. The van der Waals surface area contributed by atoms with E-state index in [-0.39, 0.29) is 17.2 Å². The number of aryl methyl sites for hydroxylation is 1. The average molecular weight is 315 g/mol. The van der Waals surface area contributed by atoms with Crippen molar-refractivity contribution in [3.05, 3.63) is 53.1 Å². The van der Waals surface area contributed by atoms with Gasteiger partial charge in [-0.1, -0.05) is 32.0 Å². The van der Waals surface area contributed by atoms with Gasteiger partial charge in [0.05, 0.1) is 0 Å². The lowest BCUT2D eigenvalue weighted by molar-refractivity contribution is 0.398. The van der Waals surface area contributed by atoms with Crippen molar-refractivity contribution in [2.75, 3.05) is 6.54 Å². The van der Waals surface area contributed by atoms with Crippen molar-refractivity contribution in [3.63, 3.8) is 0 Å². The van der Waals surface area contributed by atoms with Crippen LogP contribution in [-0.2, 0) is 19.3 Å². The van der Waals surface area contributed by atoms with Crippen molar-refractivity contribution >= 4 is 0 Å². The van der Waals surface area contributed by atoms with E-state index in [4.69, 9.17) is 0 Å². The van der Waals surface area contributed by atoms with E-state index in [0.717, 1.165) is 29.7 Å². The molecule has 0 saturated carbocycles. The van der Waals surface area contributed by atoms with Gasteiger partial charge >= 0.3 is 0 Å². The number of rotatable bonds is 7. The Balaban J connectivity index is 2.13. The van der Waals surface area contributed by atoms with Crippen LogP contribution in [0, 0.1) is 0 Å². The van der Waals surface area contributed by atoms with Crippen LogP contribution in [0.4, 0.5) is 0 Å². The maximum Gasteiger partial charge on any atom is 0.160 e. The summed E-state index contributed by atoms with van der Waals surface area (Å²) in [5, 5.41) is 32.9. The van der Waals surface area contributed by atoms with Crippen molar-refractivity contribution in [3.8, 4) is 17.2 Å². The van der Waals surface area contributed by atoms with Crippen LogP contribution in [-0.4, -0.2) is 27.9 Å². The van der Waals surface area contributed by atoms with Gasteiger partial charge in [-0.25, -0.2) is 0 Å². The summed E-state index contributed by atoms with van der Waals surface area (Å²) in [6.45, 7) is 5.01. The molecular formula is C19H25NO3. The molecule has 2 rings (SSSR count). The smallest absolute Gasteiger partial charge is 0.160 e. The molecule has 2 aromatic rings. The van der Waals surface area contributed by atoms with E-state index in [1.165, 1.54) is 6.07 Å². The maximum atomic E-state index is 10.2. The molecule has 0 atom stereocenters. The number of phenolic OH excluding ortho intramolecular Hbond substituents is 3. The number of hydrogen-bond acceptors (Lipinski definition) is 4. The Labute approximate surface area is 137 Å². The monoisotopic (exact) mass is 315 g/mol. The fraction of sp³-hybridized carbons (Fsp3) is 0.368. The predicted octanol–water partition coefficient (Wildman–Crippen LogP) is 3.13. The van der Waals surface area contributed by atoms with E-state index in [1.54, 1.807) is 18.2 Å². The number of benzene rings is 2. The van der Waals surface area contributed by atoms with Gasteiger partial charge in [-0.2, -0.15) is 0 Å². The van der Waals surface area contributed by atoms with Crippen LogP contribution in [0.1, 0.15) is 30.5 Å². The van der Waals surface area contributed by atoms with Crippen molar-refractivity contribution < 1.29 is 15.3 Å². The Morgan fingerprint density at radius 1 is 0.957 bits per heavy atom. The van der Waals surface area contributed by atoms with Crippen LogP contribution in [0.2, 0.25) is 0 Å². The molecule has 0 unspecified atom stereocenters. The summed E-state index contributed by atoms with van der Waals surface area (Å²) in [4.78, 5) is 0. The number of hydrogen-bond donors (Lipinski definition) is 4. The molecule has 124 valence electrons. The van der Waals surface area contributed by atoms with Gasteiger partial charge in [0.25, 0.3) is 0 Å². The topological polar surface area (TPSA) is 72.7 Å². The van der Waals surface area contributed by atoms with Crippen LogP contribution in [0.25, 0.3) is 0 Å². The summed E-state index contributed by atoms with van der Waals surface area (Å²) in [5.41, 5.74) is 2.81. The Morgan fingerprint density at radius 3 is 2.43 bits per heavy atom. The molecule has 0 aliphatic rings. The molecule has 2 aromatic carbocycles. The largest absolute Gasteiger partial charge is 0.508 e. The lowest BCUT2D eigenvalue weighted by Gasteiger charge is -2.14. The molecule has 4 N–H and O–H groups in total. The molecule has 0 radical (unpaired) electrons. The highest BCUT2D eigenvalue weighted by Gasteiger charge is 2.12. The van der Waals surface area contributed by atoms with E-state index >= 15 is 0 Å². The number of nitrogens with one attached hydrogen (secondary N) is 1. The Bertz CT molecular complexity index is 653. The van der Waals surface area contributed by atoms with E-state index in [2.05, 4.69) is 19.2 Å². The molecule has 0 aliphatic carbocycles. The highest BCUT2D eigenvalue weighted by atomic mass is 16.3. The molecular weight excluding hydrogens is 290 g/mol. The summed E-state index contributed by atoms with van der Waals surface area (Å²) < 4.78 is 0. The minimum absolute atomic E-state index is 0.0350. The van der Waals surface area contributed by atoms with E-state index < -0.39 is 0 Å². The van der Waals surface area contributed by atoms with Crippen LogP contribution in [0.3, 0.4) is 0 Å². The molecule has 0 bridgehead atoms. The zero-order valence-electron chi connectivity index (χ0n) is 13.7. The van der Waals surface area contributed by atoms with Gasteiger partial charge < -0.3 is 20.6 Å². The lowest BCUT2D eigenvalue weighted by Crippen LogP contribution is -2.25. The molecule has 0 aromatic heterocycles. The second-order valence-corrected chi connectivity index (χ2v) is 6.10. The van der Waals surface area contributed by atoms with Gasteiger partial charge in [0.2, 0.25) is 0 Å². The maximum absolute atomic E-state index is 10.2. The zero-order chi connectivity index (χ0) is 16.8. The summed E-state index contributed by atoms with van der Waals surface area (Å²) in [7, 11) is 0. The lowest BCUT2D eigenvalue weighted by atomic mass is 9.96. The van der Waals surface area contributed by atoms with Crippen molar-refractivity contribution in [1.29, 1.82) is 0 Å². The molecule has 0 saturated heterocycles. The molecule has 0 fully saturated rings. The Kier molecular flexibility index (Phi) is 5.88. The first-order chi connectivity index (χ1) is 11.0. The molecule has 0 spiro atoms. The average Bonchev–Trinajstić information content (AvgIpc) is 2.50. The van der Waals surface area contributed by atoms with E-state index in [0.29, 0.717) is 18.9 Å². The summed E-state index contributed by atoms with van der Waals surface area (Å²) in [6, 6.07) is 10.9. The Morgan fingerprint density at radius 2 is 1.74 bits per heavy atom. The van der Waals surface area contributed by atoms with Gasteiger partial charge in [0, 0.05) is 11.6 Å². The van der Waals surface area contributed by atoms with Gasteiger partial charge in [-0.15, -0.1) is 0 Å². The SMILES string of the molecule is CC(C)NCCc1ccc(O)c(O)c1CCc1cccc(O)c1. The summed E-state index contributed by atoms with van der Waals surface area (Å²) >= 11 is 0. The third-order valence-corrected chi connectivity index (χ3v) is 3.88. The van der Waals surface area contributed by atoms with Gasteiger partial charge in [-0.05, 0) is 55.1 Å². The third-order valence-electron chi connectivity index (χ3n) is 3.88. The fourth-order valence-corrected chi connectivity index (χ4v) is 2.66. The summed E-state index contributed by atoms with van der Waals surface area (Å²) in [6.07, 6.45) is 2.10. The van der Waals surface area contributed by atoms with Crippen molar-refractivity contribution in [1.82, 2.24) is 5.32 Å². The van der Waals surface area contributed by atoms with E-state index in [9.17, 15) is 15.3 Å². The molecule has 4 heteroatoms. The summed E-state index contributed by atoms with van der Waals surface area (Å²) in [5.74, 6) is 0.118. The van der Waals surface area contributed by atoms with Gasteiger partial charge in [0.1, 0.15) is 5.75 Å². The molecule has 23 heavy (non-hydrogen) atoms. The first-order valence-electron chi connectivity index (χ1n) is 8.01. The molecule has 0 aliphatic heterocycles. The zero-order valence-corrected chi connectivity index (χ0v) is 13.7. The van der Waals surface area contributed by atoms with E-state index in [1.807, 2.05) is 12.1 Å². The molecule has 0 amide bonds. The molecule has 0 heterocycles. The van der Waals surface area contributed by atoms with Crippen LogP contribution in [0.5, 0.6) is 17.2 Å². The highest BCUT2D eigenvalue weighted by molar-refractivity contribution is 5.49. The Hall–Kier alpha value is -2.20. The quantitative estimate of drug-likeness (QED) is 0.592. The first-order valence-corrected chi connectivity index (χ1v) is 8.01. The van der Waals surface area contributed by atoms with Crippen molar-refractivity contribution in [2.45, 2.75) is 39.2 Å². The standard InChI is InChI=1S/C19H25NO3/c1-13(2)20-11-10-15-7-9-18(22)19(23)17(15)8-6-14-4-3-5-16(21)12-14/h3-5,7,9,12-13,20-23H,6,8,10-11H2,1-2H3. The van der Waals surface area contributed by atoms with Gasteiger partial charge in [0.15, 0.2) is 11.5 Å². The predicted molar refractivity (Wildman–Crippen MR) is 92.1 cm³/mol. The molecule has 4 nitrogen and oxygen atoms in total. The second-order valence-electron chi connectivity index (χ2n) is 6.10. The van der Waals surface area contributed by atoms with Gasteiger partial charge in [-0.3, -0.25) is 0 Å². The van der Waals surface area contributed by atoms with Crippen LogP contribution >= 0.6 is 0 Å². The fourth-order valence-electron chi connectivity index (χ4n) is 2.66. The van der Waals surface area contributed by atoms with Crippen LogP contribution < -0.4 is 5.32 Å². The van der Waals surface area contributed by atoms with Crippen LogP contribution in [0.15, 0.2) is 36.4 Å². The number of aromatic hydroxyl groups is 3. The van der Waals surface area contributed by atoms with Crippen molar-refractivity contribution in [2.24, 2.45) is 0 Å². The minimum Gasteiger partial charge on any atom is -0.508 e.